The third-order valence-electron chi connectivity index (χ3n) is 3.45. The number of aryl methyl sites for hydroxylation is 1. The van der Waals surface area contributed by atoms with E-state index in [9.17, 15) is 9.18 Å². The SMILES string of the molecule is CCc1ccccc1NC(=O)CNC(=S)NCc1ccc(F)cc1. The number of benzene rings is 2. The van der Waals surface area contributed by atoms with Crippen molar-refractivity contribution in [3.63, 3.8) is 0 Å². The second-order valence-corrected chi connectivity index (χ2v) is 5.63. The van der Waals surface area contributed by atoms with E-state index in [4.69, 9.17) is 12.2 Å². The topological polar surface area (TPSA) is 53.2 Å². The molecular weight excluding hydrogens is 325 g/mol. The van der Waals surface area contributed by atoms with E-state index in [0.29, 0.717) is 11.7 Å². The van der Waals surface area contributed by atoms with Gasteiger partial charge in [0.1, 0.15) is 5.82 Å². The number of para-hydroxylation sites is 1. The number of carbonyl (C=O) groups is 1. The molecule has 4 nitrogen and oxygen atoms in total. The molecule has 0 aliphatic heterocycles. The lowest BCUT2D eigenvalue weighted by atomic mass is 10.1. The normalized spacial score (nSPS) is 10.1. The molecule has 2 rings (SSSR count). The zero-order chi connectivity index (χ0) is 17.4. The molecule has 3 N–H and O–H groups in total. The molecule has 0 aromatic heterocycles. The summed E-state index contributed by atoms with van der Waals surface area (Å²) in [6, 6.07) is 13.8. The minimum Gasteiger partial charge on any atom is -0.359 e. The third kappa shape index (κ3) is 5.62. The highest BCUT2D eigenvalue weighted by Gasteiger charge is 2.06. The van der Waals surface area contributed by atoms with E-state index < -0.39 is 0 Å². The van der Waals surface area contributed by atoms with Gasteiger partial charge in [0.2, 0.25) is 5.91 Å². The number of anilines is 1. The summed E-state index contributed by atoms with van der Waals surface area (Å²) in [4.78, 5) is 12.0. The van der Waals surface area contributed by atoms with Gasteiger partial charge in [0, 0.05) is 12.2 Å². The third-order valence-corrected chi connectivity index (χ3v) is 3.74. The minimum absolute atomic E-state index is 0.0767. The molecule has 2 aromatic carbocycles. The van der Waals surface area contributed by atoms with E-state index in [0.717, 1.165) is 23.2 Å². The summed E-state index contributed by atoms with van der Waals surface area (Å²) >= 11 is 5.13. The van der Waals surface area contributed by atoms with Gasteiger partial charge in [-0.1, -0.05) is 37.3 Å². The van der Waals surface area contributed by atoms with E-state index in [1.54, 1.807) is 12.1 Å². The second kappa shape index (κ2) is 8.98. The molecule has 0 heterocycles. The van der Waals surface area contributed by atoms with E-state index in [-0.39, 0.29) is 18.3 Å². The van der Waals surface area contributed by atoms with Crippen molar-refractivity contribution in [3.05, 3.63) is 65.5 Å². The van der Waals surface area contributed by atoms with Crippen molar-refractivity contribution in [1.29, 1.82) is 0 Å². The Morgan fingerprint density at radius 3 is 2.50 bits per heavy atom. The second-order valence-electron chi connectivity index (χ2n) is 5.22. The van der Waals surface area contributed by atoms with Crippen LogP contribution in [-0.4, -0.2) is 17.6 Å². The predicted octanol–water partition coefficient (Wildman–Crippen LogP) is 2.99. The van der Waals surface area contributed by atoms with Gasteiger partial charge < -0.3 is 16.0 Å². The average Bonchev–Trinajstić information content (AvgIpc) is 2.60. The minimum atomic E-state index is -0.275. The number of rotatable bonds is 6. The Morgan fingerprint density at radius 1 is 1.08 bits per heavy atom. The van der Waals surface area contributed by atoms with Gasteiger partial charge in [0.05, 0.1) is 6.54 Å². The molecule has 1 amide bonds. The number of halogens is 1. The monoisotopic (exact) mass is 345 g/mol. The van der Waals surface area contributed by atoms with Crippen LogP contribution in [0.1, 0.15) is 18.1 Å². The van der Waals surface area contributed by atoms with Crippen LogP contribution in [0.15, 0.2) is 48.5 Å². The Balaban J connectivity index is 1.74. The Morgan fingerprint density at radius 2 is 1.79 bits per heavy atom. The van der Waals surface area contributed by atoms with Crippen LogP contribution >= 0.6 is 12.2 Å². The number of amides is 1. The van der Waals surface area contributed by atoms with Gasteiger partial charge in [-0.3, -0.25) is 4.79 Å². The molecule has 126 valence electrons. The molecule has 0 fully saturated rings. The molecule has 0 spiro atoms. The summed E-state index contributed by atoms with van der Waals surface area (Å²) in [7, 11) is 0. The maximum atomic E-state index is 12.8. The summed E-state index contributed by atoms with van der Waals surface area (Å²) in [6.07, 6.45) is 0.849. The van der Waals surface area contributed by atoms with Crippen LogP contribution in [0.4, 0.5) is 10.1 Å². The molecule has 0 radical (unpaired) electrons. The lowest BCUT2D eigenvalue weighted by Crippen LogP contribution is -2.39. The zero-order valence-electron chi connectivity index (χ0n) is 13.4. The quantitative estimate of drug-likeness (QED) is 0.705. The summed E-state index contributed by atoms with van der Waals surface area (Å²) < 4.78 is 12.8. The number of hydrogen-bond acceptors (Lipinski definition) is 2. The van der Waals surface area contributed by atoms with Gasteiger partial charge in [-0.2, -0.15) is 0 Å². The van der Waals surface area contributed by atoms with Gasteiger partial charge in [0.15, 0.2) is 5.11 Å². The standard InChI is InChI=1S/C18H20FN3OS/c1-2-14-5-3-4-6-16(14)22-17(23)12-21-18(24)20-11-13-7-9-15(19)10-8-13/h3-10H,2,11-12H2,1H3,(H,22,23)(H2,20,21,24). The zero-order valence-corrected chi connectivity index (χ0v) is 14.3. The number of carbonyl (C=O) groups excluding carboxylic acids is 1. The Hall–Kier alpha value is -2.47. The van der Waals surface area contributed by atoms with E-state index in [1.165, 1.54) is 12.1 Å². The van der Waals surface area contributed by atoms with Crippen molar-refractivity contribution < 1.29 is 9.18 Å². The first kappa shape index (κ1) is 17.9. The van der Waals surface area contributed by atoms with Crippen molar-refractivity contribution >= 4 is 28.9 Å². The maximum Gasteiger partial charge on any atom is 0.243 e. The molecule has 24 heavy (non-hydrogen) atoms. The molecule has 2 aromatic rings. The Bertz CT molecular complexity index is 704. The van der Waals surface area contributed by atoms with Gasteiger partial charge in [0.25, 0.3) is 0 Å². The summed E-state index contributed by atoms with van der Waals surface area (Å²) in [5.41, 5.74) is 2.81. The van der Waals surface area contributed by atoms with Crippen LogP contribution < -0.4 is 16.0 Å². The first-order valence-electron chi connectivity index (χ1n) is 7.72. The fourth-order valence-corrected chi connectivity index (χ4v) is 2.30. The van der Waals surface area contributed by atoms with Crippen LogP contribution in [0.25, 0.3) is 0 Å². The van der Waals surface area contributed by atoms with E-state index in [1.807, 2.05) is 31.2 Å². The van der Waals surface area contributed by atoms with Gasteiger partial charge in [-0.25, -0.2) is 4.39 Å². The Kier molecular flexibility index (Phi) is 6.69. The molecule has 0 unspecified atom stereocenters. The highest BCUT2D eigenvalue weighted by Crippen LogP contribution is 2.14. The largest absolute Gasteiger partial charge is 0.359 e. The summed E-state index contributed by atoms with van der Waals surface area (Å²) in [6.45, 7) is 2.58. The molecule has 0 saturated carbocycles. The molecule has 6 heteroatoms. The maximum absolute atomic E-state index is 12.8. The number of hydrogen-bond donors (Lipinski definition) is 3. The van der Waals surface area contributed by atoms with Gasteiger partial charge in [-0.05, 0) is 48.0 Å². The predicted molar refractivity (Wildman–Crippen MR) is 98.3 cm³/mol. The molecule has 0 aliphatic carbocycles. The lowest BCUT2D eigenvalue weighted by Gasteiger charge is -2.12. The van der Waals surface area contributed by atoms with Crippen LogP contribution in [0, 0.1) is 5.82 Å². The molecule has 0 atom stereocenters. The Labute approximate surface area is 146 Å². The lowest BCUT2D eigenvalue weighted by molar-refractivity contribution is -0.115. The number of nitrogens with one attached hydrogen (secondary N) is 3. The number of thiocarbonyl (C=S) groups is 1. The van der Waals surface area contributed by atoms with Crippen molar-refractivity contribution in [1.82, 2.24) is 10.6 Å². The highest BCUT2D eigenvalue weighted by molar-refractivity contribution is 7.80. The average molecular weight is 345 g/mol. The van der Waals surface area contributed by atoms with Crippen LogP contribution in [0.5, 0.6) is 0 Å². The van der Waals surface area contributed by atoms with E-state index in [2.05, 4.69) is 16.0 Å². The van der Waals surface area contributed by atoms with Crippen molar-refractivity contribution in [2.24, 2.45) is 0 Å². The fraction of sp³-hybridized carbons (Fsp3) is 0.222. The fourth-order valence-electron chi connectivity index (χ4n) is 2.15. The first-order chi connectivity index (χ1) is 11.6. The van der Waals surface area contributed by atoms with Gasteiger partial charge in [-0.15, -0.1) is 0 Å². The van der Waals surface area contributed by atoms with E-state index >= 15 is 0 Å². The summed E-state index contributed by atoms with van der Waals surface area (Å²) in [5, 5.41) is 9.07. The molecule has 0 aliphatic rings. The highest BCUT2D eigenvalue weighted by atomic mass is 32.1. The van der Waals surface area contributed by atoms with Crippen LogP contribution in [-0.2, 0) is 17.8 Å². The first-order valence-corrected chi connectivity index (χ1v) is 8.13. The van der Waals surface area contributed by atoms with Gasteiger partial charge >= 0.3 is 0 Å². The molecular formula is C18H20FN3OS. The molecule has 0 bridgehead atoms. The molecule has 0 saturated heterocycles. The van der Waals surface area contributed by atoms with Crippen molar-refractivity contribution in [3.8, 4) is 0 Å². The van der Waals surface area contributed by atoms with Crippen molar-refractivity contribution in [2.45, 2.75) is 19.9 Å². The van der Waals surface area contributed by atoms with Crippen LogP contribution in [0.3, 0.4) is 0 Å². The smallest absolute Gasteiger partial charge is 0.243 e. The summed E-state index contributed by atoms with van der Waals surface area (Å²) in [5.74, 6) is -0.440. The van der Waals surface area contributed by atoms with Crippen LogP contribution in [0.2, 0.25) is 0 Å². The van der Waals surface area contributed by atoms with Crippen molar-refractivity contribution in [2.75, 3.05) is 11.9 Å².